The number of rotatable bonds is 5. The number of nitrogens with zero attached hydrogens (tertiary/aromatic N) is 1. The van der Waals surface area contributed by atoms with Gasteiger partial charge in [0.15, 0.2) is 0 Å². The second-order valence-corrected chi connectivity index (χ2v) is 3.97. The molecule has 0 aliphatic carbocycles. The van der Waals surface area contributed by atoms with Crippen LogP contribution < -0.4 is 10.1 Å². The lowest BCUT2D eigenvalue weighted by atomic mass is 10.1. The van der Waals surface area contributed by atoms with Crippen LogP contribution in [0.25, 0.3) is 0 Å². The average Bonchev–Trinajstić information content (AvgIpc) is 2.86. The Morgan fingerprint density at radius 1 is 1.47 bits per heavy atom. The van der Waals surface area contributed by atoms with E-state index in [1.54, 1.807) is 12.1 Å². The zero-order chi connectivity index (χ0) is 13.8. The fraction of sp³-hybridized carbons (Fsp3) is 0.231. The number of carbonyl (C=O) groups is 1. The molecule has 6 heteroatoms. The standard InChI is InChI=1S/C13H15N3O3/c1-3-8-6-12(16-15-8)14-11-7-9(19-2)4-5-10(11)13(17)18/h4-7H,3H2,1-2H3,(H,17,18)(H2,14,15,16). The third-order valence-corrected chi connectivity index (χ3v) is 2.72. The molecule has 0 amide bonds. The molecule has 6 nitrogen and oxygen atoms in total. The number of aromatic amines is 1. The zero-order valence-corrected chi connectivity index (χ0v) is 10.7. The Hall–Kier alpha value is -2.50. The molecular formula is C13H15N3O3. The highest BCUT2D eigenvalue weighted by Crippen LogP contribution is 2.25. The number of benzene rings is 1. The number of nitrogens with one attached hydrogen (secondary N) is 2. The highest BCUT2D eigenvalue weighted by atomic mass is 16.5. The molecule has 2 rings (SSSR count). The van der Waals surface area contributed by atoms with Gasteiger partial charge < -0.3 is 15.2 Å². The Bertz CT molecular complexity index is 593. The zero-order valence-electron chi connectivity index (χ0n) is 10.7. The molecule has 19 heavy (non-hydrogen) atoms. The van der Waals surface area contributed by atoms with E-state index in [0.29, 0.717) is 17.3 Å². The third-order valence-electron chi connectivity index (χ3n) is 2.72. The van der Waals surface area contributed by atoms with Crippen molar-refractivity contribution < 1.29 is 14.6 Å². The number of aryl methyl sites for hydroxylation is 1. The van der Waals surface area contributed by atoms with Crippen molar-refractivity contribution in [2.75, 3.05) is 12.4 Å². The number of aromatic carboxylic acids is 1. The fourth-order valence-electron chi connectivity index (χ4n) is 1.69. The Balaban J connectivity index is 2.33. The van der Waals surface area contributed by atoms with Crippen molar-refractivity contribution in [1.29, 1.82) is 0 Å². The highest BCUT2D eigenvalue weighted by Gasteiger charge is 2.12. The summed E-state index contributed by atoms with van der Waals surface area (Å²) >= 11 is 0. The molecule has 0 spiro atoms. The summed E-state index contributed by atoms with van der Waals surface area (Å²) in [5.41, 5.74) is 1.54. The molecule has 2 aromatic rings. The number of H-pyrrole nitrogens is 1. The van der Waals surface area contributed by atoms with Crippen LogP contribution in [0, 0.1) is 0 Å². The topological polar surface area (TPSA) is 87.2 Å². The summed E-state index contributed by atoms with van der Waals surface area (Å²) in [6.07, 6.45) is 0.808. The van der Waals surface area contributed by atoms with Gasteiger partial charge in [-0.3, -0.25) is 5.10 Å². The minimum absolute atomic E-state index is 0.174. The van der Waals surface area contributed by atoms with Crippen LogP contribution >= 0.6 is 0 Å². The quantitative estimate of drug-likeness (QED) is 0.769. The molecule has 0 saturated heterocycles. The van der Waals surface area contributed by atoms with Crippen molar-refractivity contribution in [2.45, 2.75) is 13.3 Å². The van der Waals surface area contributed by atoms with Crippen LogP contribution in [0.4, 0.5) is 11.5 Å². The van der Waals surface area contributed by atoms with E-state index < -0.39 is 5.97 Å². The number of carboxylic acid groups (broad SMARTS) is 1. The number of hydrogen-bond acceptors (Lipinski definition) is 4. The molecule has 0 unspecified atom stereocenters. The van der Waals surface area contributed by atoms with E-state index in [9.17, 15) is 4.79 Å². The summed E-state index contributed by atoms with van der Waals surface area (Å²) in [7, 11) is 1.53. The maximum Gasteiger partial charge on any atom is 0.337 e. The maximum absolute atomic E-state index is 11.2. The number of methoxy groups -OCH3 is 1. The molecule has 0 aliphatic rings. The predicted molar refractivity (Wildman–Crippen MR) is 71.2 cm³/mol. The minimum Gasteiger partial charge on any atom is -0.497 e. The van der Waals surface area contributed by atoms with Gasteiger partial charge in [-0.2, -0.15) is 5.10 Å². The summed E-state index contributed by atoms with van der Waals surface area (Å²) in [6.45, 7) is 1.99. The maximum atomic E-state index is 11.2. The van der Waals surface area contributed by atoms with E-state index in [1.807, 2.05) is 13.0 Å². The number of anilines is 2. The van der Waals surface area contributed by atoms with Gasteiger partial charge in [0, 0.05) is 12.1 Å². The highest BCUT2D eigenvalue weighted by molar-refractivity contribution is 5.95. The Morgan fingerprint density at radius 3 is 2.84 bits per heavy atom. The molecule has 1 aromatic carbocycles. The molecule has 0 radical (unpaired) electrons. The predicted octanol–water partition coefficient (Wildman–Crippen LogP) is 2.42. The van der Waals surface area contributed by atoms with Gasteiger partial charge in [-0.05, 0) is 18.6 Å². The second-order valence-electron chi connectivity index (χ2n) is 3.97. The molecular weight excluding hydrogens is 246 g/mol. The summed E-state index contributed by atoms with van der Waals surface area (Å²) in [4.78, 5) is 11.2. The van der Waals surface area contributed by atoms with E-state index in [2.05, 4.69) is 15.5 Å². The number of hydrogen-bond donors (Lipinski definition) is 3. The third kappa shape index (κ3) is 2.85. The van der Waals surface area contributed by atoms with Crippen molar-refractivity contribution in [3.8, 4) is 5.75 Å². The summed E-state index contributed by atoms with van der Waals surface area (Å²) in [5, 5.41) is 19.1. The second kappa shape index (κ2) is 5.43. The number of ether oxygens (including phenoxy) is 1. The lowest BCUT2D eigenvalue weighted by molar-refractivity contribution is 0.0698. The van der Waals surface area contributed by atoms with Crippen molar-refractivity contribution in [1.82, 2.24) is 10.2 Å². The van der Waals surface area contributed by atoms with Gasteiger partial charge in [-0.15, -0.1) is 0 Å². The molecule has 100 valence electrons. The van der Waals surface area contributed by atoms with E-state index >= 15 is 0 Å². The van der Waals surface area contributed by atoms with E-state index in [-0.39, 0.29) is 5.56 Å². The summed E-state index contributed by atoms with van der Waals surface area (Å²) in [5.74, 6) is 0.232. The van der Waals surface area contributed by atoms with Gasteiger partial charge in [-0.1, -0.05) is 6.92 Å². The molecule has 0 bridgehead atoms. The Labute approximate surface area is 110 Å². The Kier molecular flexibility index (Phi) is 3.70. The molecule has 1 heterocycles. The van der Waals surface area contributed by atoms with Gasteiger partial charge in [0.1, 0.15) is 11.6 Å². The first-order valence-corrected chi connectivity index (χ1v) is 5.86. The van der Waals surface area contributed by atoms with Gasteiger partial charge in [0.25, 0.3) is 0 Å². The molecule has 0 fully saturated rings. The van der Waals surface area contributed by atoms with Crippen LogP contribution in [0.15, 0.2) is 24.3 Å². The SMILES string of the molecule is CCc1cc(Nc2cc(OC)ccc2C(=O)O)[nH]n1. The normalized spacial score (nSPS) is 10.2. The first-order chi connectivity index (χ1) is 9.13. The number of aromatic nitrogens is 2. The lowest BCUT2D eigenvalue weighted by Gasteiger charge is -2.09. The monoisotopic (exact) mass is 261 g/mol. The Morgan fingerprint density at radius 2 is 2.26 bits per heavy atom. The van der Waals surface area contributed by atoms with Crippen LogP contribution in [0.3, 0.4) is 0 Å². The van der Waals surface area contributed by atoms with Crippen molar-refractivity contribution in [3.63, 3.8) is 0 Å². The summed E-state index contributed by atoms with van der Waals surface area (Å²) in [6, 6.07) is 6.58. The largest absolute Gasteiger partial charge is 0.497 e. The van der Waals surface area contributed by atoms with Crippen molar-refractivity contribution in [2.24, 2.45) is 0 Å². The van der Waals surface area contributed by atoms with E-state index in [0.717, 1.165) is 12.1 Å². The van der Waals surface area contributed by atoms with Crippen LogP contribution in [0.2, 0.25) is 0 Å². The molecule has 0 atom stereocenters. The van der Waals surface area contributed by atoms with Crippen molar-refractivity contribution >= 4 is 17.5 Å². The van der Waals surface area contributed by atoms with E-state index in [4.69, 9.17) is 9.84 Å². The lowest BCUT2D eigenvalue weighted by Crippen LogP contribution is -2.03. The summed E-state index contributed by atoms with van der Waals surface area (Å²) < 4.78 is 5.09. The fourth-order valence-corrected chi connectivity index (χ4v) is 1.69. The molecule has 3 N–H and O–H groups in total. The van der Waals surface area contributed by atoms with Crippen LogP contribution in [0.1, 0.15) is 23.0 Å². The van der Waals surface area contributed by atoms with Crippen LogP contribution in [-0.4, -0.2) is 28.4 Å². The smallest absolute Gasteiger partial charge is 0.337 e. The van der Waals surface area contributed by atoms with Gasteiger partial charge in [-0.25, -0.2) is 4.79 Å². The van der Waals surface area contributed by atoms with Gasteiger partial charge in [0.2, 0.25) is 0 Å². The van der Waals surface area contributed by atoms with Crippen LogP contribution in [0.5, 0.6) is 5.75 Å². The minimum atomic E-state index is -1.000. The average molecular weight is 261 g/mol. The molecule has 0 aliphatic heterocycles. The van der Waals surface area contributed by atoms with E-state index in [1.165, 1.54) is 13.2 Å². The molecule has 0 saturated carbocycles. The van der Waals surface area contributed by atoms with Crippen LogP contribution in [-0.2, 0) is 6.42 Å². The van der Waals surface area contributed by atoms with Gasteiger partial charge >= 0.3 is 5.97 Å². The number of carboxylic acids is 1. The molecule has 1 aromatic heterocycles. The van der Waals surface area contributed by atoms with Gasteiger partial charge in [0.05, 0.1) is 24.1 Å². The first-order valence-electron chi connectivity index (χ1n) is 5.86. The van der Waals surface area contributed by atoms with Crippen molar-refractivity contribution in [3.05, 3.63) is 35.5 Å². The first kappa shape index (κ1) is 12.9.